The van der Waals surface area contributed by atoms with E-state index in [-0.39, 0.29) is 18.3 Å². The number of hydrogen-bond donors (Lipinski definition) is 1. The average molecular weight is 311 g/mol. The van der Waals surface area contributed by atoms with E-state index in [1.807, 2.05) is 30.3 Å². The number of hydrogen-bond acceptors (Lipinski definition) is 4. The Labute approximate surface area is 132 Å². The predicted molar refractivity (Wildman–Crippen MR) is 81.5 cm³/mol. The van der Waals surface area contributed by atoms with E-state index >= 15 is 0 Å². The smallest absolute Gasteiger partial charge is 0.243 e. The van der Waals surface area contributed by atoms with Crippen LogP contribution >= 0.6 is 0 Å². The fraction of sp³-hybridized carbons (Fsp3) is 0.125. The van der Waals surface area contributed by atoms with Gasteiger partial charge in [0.2, 0.25) is 11.7 Å². The summed E-state index contributed by atoms with van der Waals surface area (Å²) in [5.74, 6) is -0.0800. The number of carbonyl (C=O) groups is 1. The summed E-state index contributed by atoms with van der Waals surface area (Å²) in [7, 11) is 0. The average Bonchev–Trinajstić information content (AvgIpc) is 3.04. The van der Waals surface area contributed by atoms with Crippen LogP contribution in [0, 0.1) is 5.82 Å². The molecule has 0 aliphatic heterocycles. The number of rotatable bonds is 5. The van der Waals surface area contributed by atoms with Crippen molar-refractivity contribution in [2.24, 2.45) is 0 Å². The van der Waals surface area contributed by atoms with Crippen molar-refractivity contribution in [2.45, 2.75) is 13.1 Å². The van der Waals surface area contributed by atoms with Gasteiger partial charge in [-0.1, -0.05) is 42.5 Å². The molecule has 1 heterocycles. The molecule has 0 fully saturated rings. The number of aromatic nitrogens is 4. The molecule has 0 atom stereocenters. The Balaban J connectivity index is 1.56. The molecule has 0 aliphatic carbocycles. The van der Waals surface area contributed by atoms with Gasteiger partial charge in [-0.3, -0.25) is 4.79 Å². The van der Waals surface area contributed by atoms with E-state index in [2.05, 4.69) is 20.7 Å². The number of benzene rings is 2. The molecule has 2 aromatic carbocycles. The maximum absolute atomic E-state index is 12.8. The van der Waals surface area contributed by atoms with Crippen LogP contribution in [0.3, 0.4) is 0 Å². The molecule has 23 heavy (non-hydrogen) atoms. The molecule has 0 saturated carbocycles. The van der Waals surface area contributed by atoms with Crippen molar-refractivity contribution in [1.82, 2.24) is 25.5 Å². The highest BCUT2D eigenvalue weighted by Crippen LogP contribution is 2.11. The molecule has 0 unspecified atom stereocenters. The Morgan fingerprint density at radius 1 is 1.09 bits per heavy atom. The summed E-state index contributed by atoms with van der Waals surface area (Å²) in [6, 6.07) is 15.4. The second-order valence-corrected chi connectivity index (χ2v) is 4.91. The number of nitrogens with zero attached hydrogens (tertiary/aromatic N) is 4. The highest BCUT2D eigenvalue weighted by atomic mass is 19.1. The fourth-order valence-corrected chi connectivity index (χ4v) is 2.00. The molecule has 0 spiro atoms. The van der Waals surface area contributed by atoms with Crippen LogP contribution < -0.4 is 5.32 Å². The summed E-state index contributed by atoms with van der Waals surface area (Å²) in [6.07, 6.45) is 0. The van der Waals surface area contributed by atoms with Crippen molar-refractivity contribution >= 4 is 5.91 Å². The lowest BCUT2D eigenvalue weighted by Gasteiger charge is -2.04. The van der Waals surface area contributed by atoms with Crippen LogP contribution in [0.2, 0.25) is 0 Å². The number of nitrogens with one attached hydrogen (secondary N) is 1. The number of amides is 1. The summed E-state index contributed by atoms with van der Waals surface area (Å²) in [5, 5.41) is 14.7. The first kappa shape index (κ1) is 14.8. The van der Waals surface area contributed by atoms with Gasteiger partial charge in [-0.25, -0.2) is 4.39 Å². The molecule has 0 bridgehead atoms. The Hall–Kier alpha value is -3.09. The van der Waals surface area contributed by atoms with Crippen LogP contribution in [-0.4, -0.2) is 26.1 Å². The Kier molecular flexibility index (Phi) is 4.37. The topological polar surface area (TPSA) is 72.7 Å². The van der Waals surface area contributed by atoms with Gasteiger partial charge in [0.25, 0.3) is 0 Å². The first-order chi connectivity index (χ1) is 11.2. The van der Waals surface area contributed by atoms with Crippen molar-refractivity contribution in [3.05, 3.63) is 66.0 Å². The van der Waals surface area contributed by atoms with E-state index in [0.717, 1.165) is 11.1 Å². The monoisotopic (exact) mass is 311 g/mol. The highest BCUT2D eigenvalue weighted by Gasteiger charge is 2.08. The molecular formula is C16H14FN5O. The van der Waals surface area contributed by atoms with E-state index in [0.29, 0.717) is 12.4 Å². The number of halogens is 1. The van der Waals surface area contributed by atoms with E-state index in [4.69, 9.17) is 0 Å². The van der Waals surface area contributed by atoms with Crippen molar-refractivity contribution in [3.63, 3.8) is 0 Å². The van der Waals surface area contributed by atoms with Gasteiger partial charge in [-0.15, -0.1) is 10.2 Å². The van der Waals surface area contributed by atoms with Crippen LogP contribution in [0.25, 0.3) is 11.4 Å². The standard InChI is InChI=1S/C16H14FN5O/c17-14-8-6-12(7-9-14)10-18-15(23)11-22-20-16(19-21-22)13-4-2-1-3-5-13/h1-9H,10-11H2,(H,18,23). The van der Waals surface area contributed by atoms with E-state index in [1.54, 1.807) is 12.1 Å². The lowest BCUT2D eigenvalue weighted by atomic mass is 10.2. The van der Waals surface area contributed by atoms with Crippen molar-refractivity contribution in [1.29, 1.82) is 0 Å². The molecule has 6 nitrogen and oxygen atoms in total. The zero-order valence-corrected chi connectivity index (χ0v) is 12.2. The van der Waals surface area contributed by atoms with Gasteiger partial charge >= 0.3 is 0 Å². The SMILES string of the molecule is O=C(Cn1nnc(-c2ccccc2)n1)NCc1ccc(F)cc1. The number of tetrazole rings is 1. The molecule has 1 aromatic heterocycles. The molecule has 3 aromatic rings. The van der Waals surface area contributed by atoms with Gasteiger partial charge < -0.3 is 5.32 Å². The lowest BCUT2D eigenvalue weighted by molar-refractivity contribution is -0.122. The van der Waals surface area contributed by atoms with Gasteiger partial charge in [0.1, 0.15) is 12.4 Å². The first-order valence-corrected chi connectivity index (χ1v) is 7.05. The van der Waals surface area contributed by atoms with Gasteiger partial charge in [0, 0.05) is 12.1 Å². The maximum Gasteiger partial charge on any atom is 0.243 e. The van der Waals surface area contributed by atoms with Gasteiger partial charge in [0.05, 0.1) is 0 Å². The summed E-state index contributed by atoms with van der Waals surface area (Å²) in [5.41, 5.74) is 1.65. The minimum absolute atomic E-state index is 0.0268. The maximum atomic E-state index is 12.8. The molecule has 0 aliphatic rings. The summed E-state index contributed by atoms with van der Waals surface area (Å²) in [4.78, 5) is 13.1. The van der Waals surface area contributed by atoms with E-state index in [9.17, 15) is 9.18 Å². The zero-order chi connectivity index (χ0) is 16.1. The van der Waals surface area contributed by atoms with E-state index in [1.165, 1.54) is 16.9 Å². The minimum atomic E-state index is -0.305. The molecule has 1 N–H and O–H groups in total. The molecule has 116 valence electrons. The third-order valence-electron chi connectivity index (χ3n) is 3.17. The number of carbonyl (C=O) groups excluding carboxylic acids is 1. The van der Waals surface area contributed by atoms with Gasteiger partial charge in [-0.2, -0.15) is 4.80 Å². The van der Waals surface area contributed by atoms with Crippen LogP contribution in [0.5, 0.6) is 0 Å². The normalized spacial score (nSPS) is 10.5. The van der Waals surface area contributed by atoms with Crippen molar-refractivity contribution < 1.29 is 9.18 Å². The van der Waals surface area contributed by atoms with E-state index < -0.39 is 0 Å². The second-order valence-electron chi connectivity index (χ2n) is 4.91. The third kappa shape index (κ3) is 3.97. The Morgan fingerprint density at radius 2 is 1.83 bits per heavy atom. The van der Waals surface area contributed by atoms with Crippen molar-refractivity contribution in [3.8, 4) is 11.4 Å². The Morgan fingerprint density at radius 3 is 2.57 bits per heavy atom. The van der Waals surface area contributed by atoms with Crippen LogP contribution in [0.15, 0.2) is 54.6 Å². The lowest BCUT2D eigenvalue weighted by Crippen LogP contribution is -2.28. The van der Waals surface area contributed by atoms with Crippen molar-refractivity contribution in [2.75, 3.05) is 0 Å². The third-order valence-corrected chi connectivity index (χ3v) is 3.17. The molecular weight excluding hydrogens is 297 g/mol. The fourth-order valence-electron chi connectivity index (χ4n) is 2.00. The summed E-state index contributed by atoms with van der Waals surface area (Å²) in [6.45, 7) is 0.292. The highest BCUT2D eigenvalue weighted by molar-refractivity contribution is 5.75. The predicted octanol–water partition coefficient (Wildman–Crippen LogP) is 1.80. The Bertz CT molecular complexity index is 786. The zero-order valence-electron chi connectivity index (χ0n) is 12.2. The minimum Gasteiger partial charge on any atom is -0.350 e. The van der Waals surface area contributed by atoms with Crippen LogP contribution in [0.1, 0.15) is 5.56 Å². The molecule has 0 radical (unpaired) electrons. The molecule has 0 saturated heterocycles. The molecule has 1 amide bonds. The second kappa shape index (κ2) is 6.78. The molecule has 3 rings (SSSR count). The largest absolute Gasteiger partial charge is 0.350 e. The van der Waals surface area contributed by atoms with Crippen LogP contribution in [0.4, 0.5) is 4.39 Å². The summed E-state index contributed by atoms with van der Waals surface area (Å²) < 4.78 is 12.8. The first-order valence-electron chi connectivity index (χ1n) is 7.05. The molecule has 7 heteroatoms. The summed E-state index contributed by atoms with van der Waals surface area (Å²) >= 11 is 0. The quantitative estimate of drug-likeness (QED) is 0.780. The van der Waals surface area contributed by atoms with Gasteiger partial charge in [-0.05, 0) is 22.9 Å². The van der Waals surface area contributed by atoms with Gasteiger partial charge in [0.15, 0.2) is 0 Å². The van der Waals surface area contributed by atoms with Crippen LogP contribution in [-0.2, 0) is 17.9 Å².